The minimum absolute atomic E-state index is 0.0991. The van der Waals surface area contributed by atoms with Crippen LogP contribution in [0.2, 0.25) is 0 Å². The van der Waals surface area contributed by atoms with Crippen LogP contribution in [0, 0.1) is 5.92 Å². The molecule has 1 aromatic carbocycles. The second kappa shape index (κ2) is 6.56. The summed E-state index contributed by atoms with van der Waals surface area (Å²) in [5.74, 6) is 0.753. The number of hydrogen-bond acceptors (Lipinski definition) is 3. The van der Waals surface area contributed by atoms with E-state index in [1.807, 2.05) is 0 Å². The van der Waals surface area contributed by atoms with Crippen LogP contribution >= 0.6 is 0 Å². The molecule has 0 saturated carbocycles. The van der Waals surface area contributed by atoms with Gasteiger partial charge in [0, 0.05) is 24.5 Å². The Hall–Kier alpha value is -1.43. The quantitative estimate of drug-likeness (QED) is 0.837. The summed E-state index contributed by atoms with van der Waals surface area (Å²) >= 11 is 0. The van der Waals surface area contributed by atoms with E-state index in [0.717, 1.165) is 44.5 Å². The summed E-state index contributed by atoms with van der Waals surface area (Å²) < 4.78 is 38.8. The third-order valence-electron chi connectivity index (χ3n) is 3.97. The highest BCUT2D eigenvalue weighted by Crippen LogP contribution is 2.35. The van der Waals surface area contributed by atoms with Crippen molar-refractivity contribution in [2.45, 2.75) is 25.9 Å². The lowest BCUT2D eigenvalue weighted by atomic mass is 9.99. The average Bonchev–Trinajstić information content (AvgIpc) is 2.41. The summed E-state index contributed by atoms with van der Waals surface area (Å²) in [7, 11) is 0. The van der Waals surface area contributed by atoms with Gasteiger partial charge in [0.1, 0.15) is 0 Å². The number of alkyl halides is 3. The summed E-state index contributed by atoms with van der Waals surface area (Å²) in [5, 5.41) is 2.89. The second-order valence-corrected chi connectivity index (χ2v) is 5.75. The lowest BCUT2D eigenvalue weighted by Crippen LogP contribution is -2.36. The fourth-order valence-electron chi connectivity index (χ4n) is 2.58. The van der Waals surface area contributed by atoms with E-state index in [-0.39, 0.29) is 11.4 Å². The van der Waals surface area contributed by atoms with Crippen LogP contribution in [-0.4, -0.2) is 31.1 Å². The van der Waals surface area contributed by atoms with Gasteiger partial charge in [-0.05, 0) is 50.0 Å². The van der Waals surface area contributed by atoms with Gasteiger partial charge >= 0.3 is 6.18 Å². The van der Waals surface area contributed by atoms with E-state index in [9.17, 15) is 13.2 Å². The van der Waals surface area contributed by atoms with Crippen molar-refractivity contribution in [3.05, 3.63) is 23.8 Å². The summed E-state index contributed by atoms with van der Waals surface area (Å²) in [6.07, 6.45) is -2.07. The Bertz CT molecular complexity index is 466. The molecule has 6 heteroatoms. The zero-order valence-corrected chi connectivity index (χ0v) is 12.2. The fourth-order valence-corrected chi connectivity index (χ4v) is 2.58. The summed E-state index contributed by atoms with van der Waals surface area (Å²) in [5.41, 5.74) is 4.97. The normalized spacial score (nSPS) is 17.9. The Morgan fingerprint density at radius 3 is 2.57 bits per heavy atom. The third kappa shape index (κ3) is 4.52. The molecular weight excluding hydrogens is 279 g/mol. The minimum atomic E-state index is -4.39. The maximum Gasteiger partial charge on any atom is 0.418 e. The van der Waals surface area contributed by atoms with Crippen LogP contribution in [-0.2, 0) is 6.18 Å². The molecule has 0 atom stereocenters. The largest absolute Gasteiger partial charge is 0.418 e. The van der Waals surface area contributed by atoms with E-state index in [1.165, 1.54) is 12.1 Å². The lowest BCUT2D eigenvalue weighted by Gasteiger charge is -2.30. The fraction of sp³-hybridized carbons (Fsp3) is 0.600. The van der Waals surface area contributed by atoms with Crippen LogP contribution in [0.25, 0.3) is 0 Å². The topological polar surface area (TPSA) is 41.3 Å². The Morgan fingerprint density at radius 2 is 1.95 bits per heavy atom. The summed E-state index contributed by atoms with van der Waals surface area (Å²) in [6.45, 7) is 5.54. The van der Waals surface area contributed by atoms with Crippen molar-refractivity contribution < 1.29 is 13.2 Å². The van der Waals surface area contributed by atoms with Gasteiger partial charge in [-0.25, -0.2) is 0 Å². The predicted molar refractivity (Wildman–Crippen MR) is 79.2 cm³/mol. The molecule has 1 saturated heterocycles. The van der Waals surface area contributed by atoms with E-state index in [4.69, 9.17) is 5.73 Å². The molecule has 118 valence electrons. The average molecular weight is 301 g/mol. The number of anilines is 2. The monoisotopic (exact) mass is 301 g/mol. The Morgan fingerprint density at radius 1 is 1.29 bits per heavy atom. The number of likely N-dealkylation sites (tertiary alicyclic amines) is 1. The molecule has 0 radical (unpaired) electrons. The van der Waals surface area contributed by atoms with Crippen molar-refractivity contribution in [2.75, 3.05) is 37.2 Å². The van der Waals surface area contributed by atoms with E-state index >= 15 is 0 Å². The zero-order chi connectivity index (χ0) is 15.5. The van der Waals surface area contributed by atoms with Crippen molar-refractivity contribution in [3.8, 4) is 0 Å². The molecule has 1 aliphatic heterocycles. The Balaban J connectivity index is 1.91. The number of piperidine rings is 1. The van der Waals surface area contributed by atoms with Gasteiger partial charge in [-0.2, -0.15) is 13.2 Å². The molecule has 1 aromatic rings. The number of hydrogen-bond donors (Lipinski definition) is 2. The molecule has 2 rings (SSSR count). The standard InChI is InChI=1S/C15H22F3N3/c1-11-4-7-21(8-5-11)9-6-20-14-3-2-12(19)10-13(14)15(16,17)18/h2-3,10-11,20H,4-9,19H2,1H3. The highest BCUT2D eigenvalue weighted by Gasteiger charge is 2.33. The van der Waals surface area contributed by atoms with E-state index in [0.29, 0.717) is 6.54 Å². The first kappa shape index (κ1) is 15.9. The Kier molecular flexibility index (Phi) is 4.98. The van der Waals surface area contributed by atoms with Gasteiger partial charge in [0.2, 0.25) is 0 Å². The minimum Gasteiger partial charge on any atom is -0.399 e. The first-order valence-electron chi connectivity index (χ1n) is 7.29. The number of nitrogen functional groups attached to an aromatic ring is 1. The van der Waals surface area contributed by atoms with Crippen molar-refractivity contribution in [3.63, 3.8) is 0 Å². The van der Waals surface area contributed by atoms with Gasteiger partial charge in [-0.3, -0.25) is 0 Å². The van der Waals surface area contributed by atoms with Crippen molar-refractivity contribution >= 4 is 11.4 Å². The molecule has 0 unspecified atom stereocenters. The first-order valence-corrected chi connectivity index (χ1v) is 7.29. The molecule has 1 fully saturated rings. The number of rotatable bonds is 4. The molecule has 0 aliphatic carbocycles. The van der Waals surface area contributed by atoms with Crippen LogP contribution in [0.15, 0.2) is 18.2 Å². The summed E-state index contributed by atoms with van der Waals surface area (Å²) in [4.78, 5) is 2.29. The molecule has 0 amide bonds. The van der Waals surface area contributed by atoms with Gasteiger partial charge in [-0.1, -0.05) is 6.92 Å². The highest BCUT2D eigenvalue weighted by atomic mass is 19.4. The number of halogens is 3. The van der Waals surface area contributed by atoms with Crippen LogP contribution in [0.4, 0.5) is 24.5 Å². The molecule has 0 bridgehead atoms. The van der Waals surface area contributed by atoms with Crippen LogP contribution in [0.5, 0.6) is 0 Å². The van der Waals surface area contributed by atoms with Gasteiger partial charge in [0.05, 0.1) is 5.56 Å². The smallest absolute Gasteiger partial charge is 0.399 e. The predicted octanol–water partition coefficient (Wildman–Crippen LogP) is 3.43. The summed E-state index contributed by atoms with van der Waals surface area (Å²) in [6, 6.07) is 3.86. The zero-order valence-electron chi connectivity index (χ0n) is 12.2. The molecule has 3 N–H and O–H groups in total. The molecule has 1 aliphatic rings. The number of benzene rings is 1. The van der Waals surface area contributed by atoms with Crippen molar-refractivity contribution in [2.24, 2.45) is 5.92 Å². The molecule has 0 spiro atoms. The molecule has 3 nitrogen and oxygen atoms in total. The van der Waals surface area contributed by atoms with E-state index in [1.54, 1.807) is 0 Å². The van der Waals surface area contributed by atoms with Gasteiger partial charge in [0.25, 0.3) is 0 Å². The molecular formula is C15H22F3N3. The number of nitrogens with one attached hydrogen (secondary N) is 1. The van der Waals surface area contributed by atoms with Crippen molar-refractivity contribution in [1.29, 1.82) is 0 Å². The van der Waals surface area contributed by atoms with Crippen LogP contribution < -0.4 is 11.1 Å². The third-order valence-corrected chi connectivity index (χ3v) is 3.97. The molecule has 1 heterocycles. The molecule has 21 heavy (non-hydrogen) atoms. The maximum absolute atomic E-state index is 12.9. The van der Waals surface area contributed by atoms with Gasteiger partial charge < -0.3 is 16.0 Å². The van der Waals surface area contributed by atoms with Crippen LogP contribution in [0.1, 0.15) is 25.3 Å². The second-order valence-electron chi connectivity index (χ2n) is 5.75. The van der Waals surface area contributed by atoms with Crippen LogP contribution in [0.3, 0.4) is 0 Å². The van der Waals surface area contributed by atoms with Gasteiger partial charge in [0.15, 0.2) is 0 Å². The number of nitrogens with two attached hydrogens (primary N) is 1. The van der Waals surface area contributed by atoms with E-state index < -0.39 is 11.7 Å². The number of nitrogens with zero attached hydrogens (tertiary/aromatic N) is 1. The lowest BCUT2D eigenvalue weighted by molar-refractivity contribution is -0.136. The van der Waals surface area contributed by atoms with Crippen molar-refractivity contribution in [1.82, 2.24) is 4.90 Å². The molecule has 0 aromatic heterocycles. The SMILES string of the molecule is CC1CCN(CCNc2ccc(N)cc2C(F)(F)F)CC1. The van der Waals surface area contributed by atoms with Gasteiger partial charge in [-0.15, -0.1) is 0 Å². The highest BCUT2D eigenvalue weighted by molar-refractivity contribution is 5.59. The maximum atomic E-state index is 12.9. The van der Waals surface area contributed by atoms with E-state index in [2.05, 4.69) is 17.1 Å². The Labute approximate surface area is 123 Å². The first-order chi connectivity index (χ1) is 9.86.